The van der Waals surface area contributed by atoms with Gasteiger partial charge < -0.3 is 14.9 Å². The summed E-state index contributed by atoms with van der Waals surface area (Å²) in [6, 6.07) is 0. The zero-order valence-corrected chi connectivity index (χ0v) is 13.0. The number of hydrogen-bond donors (Lipinski definition) is 2. The first-order chi connectivity index (χ1) is 9.67. The van der Waals surface area contributed by atoms with Crippen LogP contribution in [-0.4, -0.2) is 33.7 Å². The van der Waals surface area contributed by atoms with Crippen molar-refractivity contribution in [2.24, 2.45) is 11.3 Å². The Morgan fingerprint density at radius 1 is 1.38 bits per heavy atom. The molecule has 0 aliphatic heterocycles. The van der Waals surface area contributed by atoms with Crippen molar-refractivity contribution in [1.29, 1.82) is 0 Å². The molecule has 0 aliphatic carbocycles. The number of aryl methyl sites for hydroxylation is 2. The van der Waals surface area contributed by atoms with Gasteiger partial charge in [-0.25, -0.2) is 0 Å². The number of carboxylic acids is 1. The Labute approximate surface area is 124 Å². The average Bonchev–Trinajstić information content (AvgIpc) is 2.76. The smallest absolute Gasteiger partial charge is 0.308 e. The van der Waals surface area contributed by atoms with E-state index < -0.39 is 11.9 Å². The zero-order chi connectivity index (χ0) is 16.0. The van der Waals surface area contributed by atoms with Crippen molar-refractivity contribution in [3.63, 3.8) is 0 Å². The third kappa shape index (κ3) is 6.87. The quantitative estimate of drug-likeness (QED) is 0.791. The maximum atomic E-state index is 11.7. The molecule has 1 aromatic rings. The van der Waals surface area contributed by atoms with Gasteiger partial charge in [0.25, 0.3) is 0 Å². The lowest BCUT2D eigenvalue weighted by Gasteiger charge is -2.23. The van der Waals surface area contributed by atoms with Crippen molar-refractivity contribution < 1.29 is 19.2 Å². The largest absolute Gasteiger partial charge is 0.481 e. The molecule has 1 aromatic heterocycles. The minimum absolute atomic E-state index is 0.102. The van der Waals surface area contributed by atoms with E-state index in [0.717, 1.165) is 0 Å². The van der Waals surface area contributed by atoms with Crippen LogP contribution in [0.5, 0.6) is 0 Å². The monoisotopic (exact) mass is 297 g/mol. The lowest BCUT2D eigenvalue weighted by atomic mass is 9.84. The van der Waals surface area contributed by atoms with Gasteiger partial charge in [0.15, 0.2) is 5.82 Å². The number of aliphatic carboxylic acids is 1. The van der Waals surface area contributed by atoms with Crippen molar-refractivity contribution in [2.75, 3.05) is 6.54 Å². The van der Waals surface area contributed by atoms with Crippen molar-refractivity contribution in [2.45, 2.75) is 47.0 Å². The van der Waals surface area contributed by atoms with Gasteiger partial charge in [-0.3, -0.25) is 9.59 Å². The molecule has 1 amide bonds. The lowest BCUT2D eigenvalue weighted by molar-refractivity contribution is -0.142. The van der Waals surface area contributed by atoms with E-state index in [2.05, 4.69) is 15.5 Å². The van der Waals surface area contributed by atoms with Gasteiger partial charge in [-0.2, -0.15) is 4.98 Å². The lowest BCUT2D eigenvalue weighted by Crippen LogP contribution is -2.35. The Kier molecular flexibility index (Phi) is 5.87. The van der Waals surface area contributed by atoms with Crippen molar-refractivity contribution in [3.05, 3.63) is 11.7 Å². The summed E-state index contributed by atoms with van der Waals surface area (Å²) in [7, 11) is 0. The summed E-state index contributed by atoms with van der Waals surface area (Å²) < 4.78 is 4.91. The number of carbonyl (C=O) groups is 2. The Balaban J connectivity index is 2.37. The van der Waals surface area contributed by atoms with E-state index in [1.807, 2.05) is 20.8 Å². The molecule has 0 spiro atoms. The summed E-state index contributed by atoms with van der Waals surface area (Å²) in [6.45, 7) is 7.76. The molecule has 0 saturated carbocycles. The molecule has 21 heavy (non-hydrogen) atoms. The van der Waals surface area contributed by atoms with E-state index in [1.54, 1.807) is 6.92 Å². The van der Waals surface area contributed by atoms with Gasteiger partial charge in [0.2, 0.25) is 11.8 Å². The van der Waals surface area contributed by atoms with Gasteiger partial charge in [0.05, 0.1) is 5.92 Å². The van der Waals surface area contributed by atoms with E-state index in [-0.39, 0.29) is 24.3 Å². The second kappa shape index (κ2) is 7.19. The standard InChI is InChI=1S/C14H23N3O4/c1-9-16-12(21-17-9)6-5-11(18)15-8-10(13(19)20)7-14(2,3)4/h10H,5-8H2,1-4H3,(H,15,18)(H,19,20). The number of nitrogens with one attached hydrogen (secondary N) is 1. The van der Waals surface area contributed by atoms with E-state index in [9.17, 15) is 14.7 Å². The third-order valence-electron chi connectivity index (χ3n) is 2.89. The van der Waals surface area contributed by atoms with E-state index in [1.165, 1.54) is 0 Å². The van der Waals surface area contributed by atoms with Gasteiger partial charge in [0, 0.05) is 19.4 Å². The second-order valence-corrected chi connectivity index (χ2v) is 6.34. The van der Waals surface area contributed by atoms with Crippen molar-refractivity contribution in [1.82, 2.24) is 15.5 Å². The normalized spacial score (nSPS) is 13.0. The Bertz CT molecular complexity index is 491. The number of nitrogens with zero attached hydrogens (tertiary/aromatic N) is 2. The molecule has 2 N–H and O–H groups in total. The van der Waals surface area contributed by atoms with Crippen LogP contribution in [0.25, 0.3) is 0 Å². The molecular weight excluding hydrogens is 274 g/mol. The molecule has 0 aliphatic rings. The van der Waals surface area contributed by atoms with E-state index in [4.69, 9.17) is 4.52 Å². The fraction of sp³-hybridized carbons (Fsp3) is 0.714. The summed E-state index contributed by atoms with van der Waals surface area (Å²) in [5.74, 6) is -0.753. The highest BCUT2D eigenvalue weighted by Crippen LogP contribution is 2.24. The van der Waals surface area contributed by atoms with Crippen LogP contribution in [0.3, 0.4) is 0 Å². The number of aromatic nitrogens is 2. The number of carbonyl (C=O) groups excluding carboxylic acids is 1. The molecule has 0 fully saturated rings. The molecule has 1 atom stereocenters. The molecule has 1 rings (SSSR count). The first-order valence-electron chi connectivity index (χ1n) is 6.96. The highest BCUT2D eigenvalue weighted by Gasteiger charge is 2.24. The topological polar surface area (TPSA) is 105 Å². The maximum Gasteiger partial charge on any atom is 0.308 e. The molecule has 0 radical (unpaired) electrons. The number of rotatable bonds is 7. The molecule has 7 heteroatoms. The first-order valence-corrected chi connectivity index (χ1v) is 6.96. The Hall–Kier alpha value is -1.92. The molecule has 118 valence electrons. The van der Waals surface area contributed by atoms with Gasteiger partial charge in [-0.15, -0.1) is 0 Å². The molecule has 1 heterocycles. The molecule has 7 nitrogen and oxygen atoms in total. The second-order valence-electron chi connectivity index (χ2n) is 6.34. The fourth-order valence-corrected chi connectivity index (χ4v) is 1.97. The summed E-state index contributed by atoms with van der Waals surface area (Å²) in [5.41, 5.74) is -0.102. The summed E-state index contributed by atoms with van der Waals surface area (Å²) in [6.07, 6.45) is 1.05. The number of carboxylic acid groups (broad SMARTS) is 1. The zero-order valence-electron chi connectivity index (χ0n) is 13.0. The predicted octanol–water partition coefficient (Wildman–Crippen LogP) is 1.56. The van der Waals surface area contributed by atoms with Crippen LogP contribution in [0.15, 0.2) is 4.52 Å². The molecular formula is C14H23N3O4. The van der Waals surface area contributed by atoms with E-state index >= 15 is 0 Å². The summed E-state index contributed by atoms with van der Waals surface area (Å²) in [5, 5.41) is 15.5. The number of hydrogen-bond acceptors (Lipinski definition) is 5. The van der Waals surface area contributed by atoms with E-state index in [0.29, 0.717) is 24.6 Å². The van der Waals surface area contributed by atoms with Crippen LogP contribution >= 0.6 is 0 Å². The van der Waals surface area contributed by atoms with Crippen molar-refractivity contribution in [3.8, 4) is 0 Å². The fourth-order valence-electron chi connectivity index (χ4n) is 1.97. The van der Waals surface area contributed by atoms with Gasteiger partial charge >= 0.3 is 5.97 Å². The van der Waals surface area contributed by atoms with Gasteiger partial charge in [-0.05, 0) is 18.8 Å². The average molecular weight is 297 g/mol. The molecule has 0 aromatic carbocycles. The van der Waals surface area contributed by atoms with Gasteiger partial charge in [0.1, 0.15) is 0 Å². The Morgan fingerprint density at radius 2 is 2.05 bits per heavy atom. The number of amides is 1. The summed E-state index contributed by atoms with van der Waals surface area (Å²) >= 11 is 0. The maximum absolute atomic E-state index is 11.7. The van der Waals surface area contributed by atoms with Crippen LogP contribution in [0.1, 0.15) is 45.3 Å². The SMILES string of the molecule is Cc1noc(CCC(=O)NCC(CC(C)(C)C)C(=O)O)n1. The first kappa shape index (κ1) is 17.1. The minimum atomic E-state index is -0.891. The van der Waals surface area contributed by atoms with Crippen LogP contribution in [0.4, 0.5) is 0 Å². The summed E-state index contributed by atoms with van der Waals surface area (Å²) in [4.78, 5) is 26.9. The molecule has 0 bridgehead atoms. The van der Waals surface area contributed by atoms with Crippen LogP contribution in [-0.2, 0) is 16.0 Å². The Morgan fingerprint density at radius 3 is 2.52 bits per heavy atom. The minimum Gasteiger partial charge on any atom is -0.481 e. The van der Waals surface area contributed by atoms with Crippen LogP contribution in [0.2, 0.25) is 0 Å². The van der Waals surface area contributed by atoms with Crippen LogP contribution in [0, 0.1) is 18.3 Å². The van der Waals surface area contributed by atoms with Crippen LogP contribution < -0.4 is 5.32 Å². The highest BCUT2D eigenvalue weighted by atomic mass is 16.5. The van der Waals surface area contributed by atoms with Gasteiger partial charge in [-0.1, -0.05) is 25.9 Å². The molecule has 1 unspecified atom stereocenters. The molecule has 0 saturated heterocycles. The van der Waals surface area contributed by atoms with Crippen molar-refractivity contribution >= 4 is 11.9 Å². The predicted molar refractivity (Wildman–Crippen MR) is 75.6 cm³/mol. The third-order valence-corrected chi connectivity index (χ3v) is 2.89. The highest BCUT2D eigenvalue weighted by molar-refractivity contribution is 5.77.